The van der Waals surface area contributed by atoms with Gasteiger partial charge in [0.05, 0.1) is 19.2 Å². The third kappa shape index (κ3) is 4.22. The van der Waals surface area contributed by atoms with Crippen molar-refractivity contribution in [3.63, 3.8) is 0 Å². The fraction of sp³-hybridized carbons (Fsp3) is 0.333. The Labute approximate surface area is 164 Å². The van der Waals surface area contributed by atoms with Crippen molar-refractivity contribution in [2.45, 2.75) is 40.2 Å². The van der Waals surface area contributed by atoms with Crippen LogP contribution in [-0.4, -0.2) is 22.6 Å². The molecule has 0 saturated carbocycles. The molecule has 0 aliphatic rings. The van der Waals surface area contributed by atoms with Gasteiger partial charge in [-0.2, -0.15) is 0 Å². The summed E-state index contributed by atoms with van der Waals surface area (Å²) in [5.74, 6) is 0.618. The first-order valence-electron chi connectivity index (χ1n) is 9.07. The van der Waals surface area contributed by atoms with Crippen molar-refractivity contribution in [3.8, 4) is 17.0 Å². The van der Waals surface area contributed by atoms with Crippen molar-refractivity contribution in [1.82, 2.24) is 9.55 Å². The molecule has 2 aromatic heterocycles. The molecule has 0 radical (unpaired) electrons. The number of hydrogen-bond donors (Lipinski definition) is 1. The fourth-order valence-electron chi connectivity index (χ4n) is 3.27. The van der Waals surface area contributed by atoms with Crippen LogP contribution in [-0.2, 0) is 17.8 Å². The molecule has 1 aromatic carbocycles. The van der Waals surface area contributed by atoms with Gasteiger partial charge in [0.2, 0.25) is 5.91 Å². The molecule has 3 rings (SSSR count). The number of benzene rings is 1. The predicted molar refractivity (Wildman–Crippen MR) is 111 cm³/mol. The smallest absolute Gasteiger partial charge is 0.230 e. The average molecular weight is 384 g/mol. The summed E-state index contributed by atoms with van der Waals surface area (Å²) in [5, 5.41) is 5.52. The molecule has 2 heterocycles. The highest BCUT2D eigenvalue weighted by molar-refractivity contribution is 7.14. The van der Waals surface area contributed by atoms with E-state index in [1.165, 1.54) is 22.7 Å². The van der Waals surface area contributed by atoms with Crippen LogP contribution in [0.25, 0.3) is 11.3 Å². The number of para-hydroxylation sites is 1. The lowest BCUT2D eigenvalue weighted by molar-refractivity contribution is -0.115. The largest absolute Gasteiger partial charge is 0.496 e. The van der Waals surface area contributed by atoms with E-state index in [-0.39, 0.29) is 12.3 Å². The first-order valence-corrected chi connectivity index (χ1v) is 9.95. The molecule has 5 nitrogen and oxygen atoms in total. The molecular weight excluding hydrogens is 358 g/mol. The molecule has 3 aromatic rings. The molecule has 0 aliphatic carbocycles. The number of aromatic nitrogens is 2. The molecule has 0 atom stereocenters. The molecule has 142 valence electrons. The van der Waals surface area contributed by atoms with E-state index >= 15 is 0 Å². The van der Waals surface area contributed by atoms with Crippen molar-refractivity contribution in [3.05, 3.63) is 52.7 Å². The molecule has 27 heavy (non-hydrogen) atoms. The van der Waals surface area contributed by atoms with Crippen LogP contribution < -0.4 is 10.1 Å². The van der Waals surface area contributed by atoms with Gasteiger partial charge in [0.25, 0.3) is 0 Å². The third-order valence-corrected chi connectivity index (χ3v) is 5.35. The Morgan fingerprint density at radius 3 is 2.81 bits per heavy atom. The Bertz CT molecular complexity index is 943. The molecular formula is C21H25N3O2S. The van der Waals surface area contributed by atoms with Gasteiger partial charge < -0.3 is 14.6 Å². The van der Waals surface area contributed by atoms with Crippen molar-refractivity contribution in [2.24, 2.45) is 0 Å². The molecule has 0 bridgehead atoms. The van der Waals surface area contributed by atoms with Gasteiger partial charge in [0.1, 0.15) is 5.75 Å². The third-order valence-electron chi connectivity index (χ3n) is 4.59. The molecule has 0 spiro atoms. The number of ether oxygens (including phenoxy) is 1. The summed E-state index contributed by atoms with van der Waals surface area (Å²) in [4.78, 5) is 17.0. The van der Waals surface area contributed by atoms with E-state index in [2.05, 4.69) is 41.7 Å². The van der Waals surface area contributed by atoms with E-state index in [0.29, 0.717) is 5.13 Å². The summed E-state index contributed by atoms with van der Waals surface area (Å²) in [6, 6.07) is 9.71. The zero-order chi connectivity index (χ0) is 19.4. The van der Waals surface area contributed by atoms with Crippen LogP contribution in [0.3, 0.4) is 0 Å². The first-order chi connectivity index (χ1) is 13.0. The lowest BCUT2D eigenvalue weighted by Gasteiger charge is -2.07. The summed E-state index contributed by atoms with van der Waals surface area (Å²) in [7, 11) is 1.61. The summed E-state index contributed by atoms with van der Waals surface area (Å²) in [6.45, 7) is 7.42. The van der Waals surface area contributed by atoms with E-state index in [1.807, 2.05) is 29.6 Å². The molecule has 1 amide bonds. The van der Waals surface area contributed by atoms with Gasteiger partial charge in [0, 0.05) is 34.4 Å². The van der Waals surface area contributed by atoms with Crippen LogP contribution in [0.2, 0.25) is 0 Å². The maximum atomic E-state index is 12.4. The number of rotatable bonds is 7. The average Bonchev–Trinajstić information content (AvgIpc) is 3.21. The first kappa shape index (κ1) is 19.2. The minimum absolute atomic E-state index is 0.100. The monoisotopic (exact) mass is 383 g/mol. The summed E-state index contributed by atoms with van der Waals surface area (Å²) >= 11 is 1.45. The second-order valence-electron chi connectivity index (χ2n) is 6.51. The van der Waals surface area contributed by atoms with E-state index < -0.39 is 0 Å². The number of carbonyl (C=O) groups is 1. The number of hydrogen-bond acceptors (Lipinski definition) is 4. The number of nitrogens with zero attached hydrogens (tertiary/aromatic N) is 2. The van der Waals surface area contributed by atoms with Crippen LogP contribution >= 0.6 is 11.3 Å². The van der Waals surface area contributed by atoms with E-state index in [0.717, 1.165) is 35.5 Å². The molecule has 0 saturated heterocycles. The quantitative estimate of drug-likeness (QED) is 0.636. The van der Waals surface area contributed by atoms with Gasteiger partial charge >= 0.3 is 0 Å². The van der Waals surface area contributed by atoms with Crippen molar-refractivity contribution in [1.29, 1.82) is 0 Å². The summed E-state index contributed by atoms with van der Waals surface area (Å²) in [5.41, 5.74) is 5.34. The Kier molecular flexibility index (Phi) is 5.96. The maximum absolute atomic E-state index is 12.4. The van der Waals surface area contributed by atoms with Gasteiger partial charge in [-0.1, -0.05) is 25.1 Å². The van der Waals surface area contributed by atoms with Gasteiger partial charge in [-0.15, -0.1) is 11.3 Å². The van der Waals surface area contributed by atoms with Crippen LogP contribution in [0.4, 0.5) is 5.13 Å². The lowest BCUT2D eigenvalue weighted by atomic mass is 10.1. The highest BCUT2D eigenvalue weighted by atomic mass is 32.1. The van der Waals surface area contributed by atoms with E-state index in [1.54, 1.807) is 7.11 Å². The minimum atomic E-state index is -0.100. The molecule has 1 N–H and O–H groups in total. The van der Waals surface area contributed by atoms with E-state index in [9.17, 15) is 4.79 Å². The van der Waals surface area contributed by atoms with Crippen molar-refractivity contribution < 1.29 is 9.53 Å². The van der Waals surface area contributed by atoms with Gasteiger partial charge in [-0.25, -0.2) is 4.98 Å². The molecule has 0 fully saturated rings. The second-order valence-corrected chi connectivity index (χ2v) is 7.37. The van der Waals surface area contributed by atoms with E-state index in [4.69, 9.17) is 4.74 Å². The summed E-state index contributed by atoms with van der Waals surface area (Å²) in [6.07, 6.45) is 1.35. The van der Waals surface area contributed by atoms with Crippen LogP contribution in [0.15, 0.2) is 35.7 Å². The minimum Gasteiger partial charge on any atom is -0.496 e. The topological polar surface area (TPSA) is 56.2 Å². The SMILES string of the molecule is CCCn1c(C)cc(-c2csc(NC(=O)Cc3ccccc3OC)n2)c1C. The van der Waals surface area contributed by atoms with Crippen molar-refractivity contribution in [2.75, 3.05) is 12.4 Å². The maximum Gasteiger partial charge on any atom is 0.230 e. The normalized spacial score (nSPS) is 10.8. The van der Waals surface area contributed by atoms with Gasteiger partial charge in [-0.3, -0.25) is 4.79 Å². The number of thiazole rings is 1. The molecule has 0 unspecified atom stereocenters. The standard InChI is InChI=1S/C21H25N3O2S/c1-5-10-24-14(2)11-17(15(24)3)18-13-27-21(22-18)23-20(25)12-16-8-6-7-9-19(16)26-4/h6-9,11,13H,5,10,12H2,1-4H3,(H,22,23,25). The van der Waals surface area contributed by atoms with Gasteiger partial charge in [0.15, 0.2) is 5.13 Å². The number of nitrogens with one attached hydrogen (secondary N) is 1. The lowest BCUT2D eigenvalue weighted by Crippen LogP contribution is -2.14. The highest BCUT2D eigenvalue weighted by Crippen LogP contribution is 2.30. The van der Waals surface area contributed by atoms with Crippen LogP contribution in [0.5, 0.6) is 5.75 Å². The number of amides is 1. The fourth-order valence-corrected chi connectivity index (χ4v) is 4.00. The number of methoxy groups -OCH3 is 1. The Morgan fingerprint density at radius 1 is 1.30 bits per heavy atom. The van der Waals surface area contributed by atoms with Crippen LogP contribution in [0.1, 0.15) is 30.3 Å². The Balaban J connectivity index is 1.73. The zero-order valence-electron chi connectivity index (χ0n) is 16.2. The second kappa shape index (κ2) is 8.39. The number of anilines is 1. The summed E-state index contributed by atoms with van der Waals surface area (Å²) < 4.78 is 7.62. The van der Waals surface area contributed by atoms with Gasteiger partial charge in [-0.05, 0) is 32.4 Å². The molecule has 0 aliphatic heterocycles. The molecule has 6 heteroatoms. The predicted octanol–water partition coefficient (Wildman–Crippen LogP) is 4.83. The highest BCUT2D eigenvalue weighted by Gasteiger charge is 2.15. The Morgan fingerprint density at radius 2 is 2.07 bits per heavy atom. The van der Waals surface area contributed by atoms with Crippen molar-refractivity contribution >= 4 is 22.4 Å². The Hall–Kier alpha value is -2.60. The van der Waals surface area contributed by atoms with Crippen LogP contribution in [0, 0.1) is 13.8 Å². The number of carbonyl (C=O) groups excluding carboxylic acids is 1. The number of aryl methyl sites for hydroxylation is 1. The zero-order valence-corrected chi connectivity index (χ0v) is 17.0.